The monoisotopic (exact) mass is 706 g/mol. The summed E-state index contributed by atoms with van der Waals surface area (Å²) in [6, 6.07) is 64.3. The van der Waals surface area contributed by atoms with E-state index in [2.05, 4.69) is 150 Å². The van der Waals surface area contributed by atoms with Gasteiger partial charge in [-0.25, -0.2) is 4.98 Å². The largest absolute Gasteiger partial charge is 0.276 e. The van der Waals surface area contributed by atoms with Gasteiger partial charge in [0.05, 0.1) is 15.7 Å². The van der Waals surface area contributed by atoms with Gasteiger partial charge in [0.25, 0.3) is 0 Å². The minimum absolute atomic E-state index is 0.590. The van der Waals surface area contributed by atoms with Crippen molar-refractivity contribution in [2.75, 3.05) is 0 Å². The van der Waals surface area contributed by atoms with E-state index in [-0.39, 0.29) is 0 Å². The molecule has 0 aliphatic heterocycles. The van der Waals surface area contributed by atoms with E-state index in [9.17, 15) is 0 Å². The molecule has 54 heavy (non-hydrogen) atoms. The average Bonchev–Trinajstić information content (AvgIpc) is 3.81. The van der Waals surface area contributed by atoms with Crippen LogP contribution in [0.15, 0.2) is 182 Å². The lowest BCUT2D eigenvalue weighted by Gasteiger charge is -2.12. The van der Waals surface area contributed by atoms with E-state index in [1.54, 1.807) is 0 Å². The van der Waals surface area contributed by atoms with Gasteiger partial charge in [0.2, 0.25) is 5.95 Å². The molecular formula is C49H30N4S. The molecule has 0 unspecified atom stereocenters. The van der Waals surface area contributed by atoms with Crippen LogP contribution in [0.4, 0.5) is 0 Å². The van der Waals surface area contributed by atoms with Gasteiger partial charge in [0.15, 0.2) is 11.6 Å². The van der Waals surface area contributed by atoms with Crippen LogP contribution < -0.4 is 0 Å². The maximum absolute atomic E-state index is 5.31. The molecule has 0 aliphatic rings. The zero-order chi connectivity index (χ0) is 35.6. The van der Waals surface area contributed by atoms with E-state index < -0.39 is 0 Å². The van der Waals surface area contributed by atoms with Gasteiger partial charge in [-0.15, -0.1) is 11.3 Å². The molecule has 4 nitrogen and oxygen atoms in total. The lowest BCUT2D eigenvalue weighted by molar-refractivity contribution is 0.955. The SMILES string of the molecule is c1ccc(-c2ccc3c(c2)sc2c3c3ccccc3c3c4ccc(-c5ccccc5)cc4n(-c4nc(-c5ccccc5)nc(-c5ccccc5)n4)c23)cc1. The molecule has 0 bridgehead atoms. The lowest BCUT2D eigenvalue weighted by atomic mass is 9.97. The Morgan fingerprint density at radius 1 is 0.370 bits per heavy atom. The zero-order valence-corrected chi connectivity index (χ0v) is 29.8. The first-order valence-corrected chi connectivity index (χ1v) is 18.9. The van der Waals surface area contributed by atoms with E-state index in [4.69, 9.17) is 15.0 Å². The quantitative estimate of drug-likeness (QED) is 0.179. The van der Waals surface area contributed by atoms with Crippen molar-refractivity contribution >= 4 is 64.1 Å². The predicted molar refractivity (Wildman–Crippen MR) is 226 cm³/mol. The summed E-state index contributed by atoms with van der Waals surface area (Å²) in [6.07, 6.45) is 0. The number of rotatable bonds is 5. The number of aromatic nitrogens is 4. The molecule has 8 aromatic carbocycles. The van der Waals surface area contributed by atoms with Gasteiger partial charge in [-0.2, -0.15) is 9.97 Å². The second-order valence-electron chi connectivity index (χ2n) is 13.6. The molecule has 3 aromatic heterocycles. The molecule has 11 aromatic rings. The van der Waals surface area contributed by atoms with Crippen LogP contribution in [0, 0.1) is 0 Å². The molecule has 11 rings (SSSR count). The molecule has 0 aliphatic carbocycles. The van der Waals surface area contributed by atoms with Crippen molar-refractivity contribution < 1.29 is 0 Å². The predicted octanol–water partition coefficient (Wildman–Crippen LogP) is 13.2. The molecule has 3 heterocycles. The Bertz CT molecular complexity index is 3130. The highest BCUT2D eigenvalue weighted by Crippen LogP contribution is 2.48. The van der Waals surface area contributed by atoms with Gasteiger partial charge in [-0.3, -0.25) is 4.57 Å². The van der Waals surface area contributed by atoms with Crippen LogP contribution in [-0.2, 0) is 0 Å². The Morgan fingerprint density at radius 3 is 1.43 bits per heavy atom. The smallest absolute Gasteiger partial charge is 0.238 e. The second kappa shape index (κ2) is 12.3. The first-order valence-electron chi connectivity index (χ1n) is 18.1. The van der Waals surface area contributed by atoms with Gasteiger partial charge >= 0.3 is 0 Å². The number of hydrogen-bond acceptors (Lipinski definition) is 4. The average molecular weight is 707 g/mol. The number of fused-ring (bicyclic) bond motifs is 10. The molecule has 252 valence electrons. The Morgan fingerprint density at radius 2 is 0.852 bits per heavy atom. The van der Waals surface area contributed by atoms with Crippen molar-refractivity contribution in [3.63, 3.8) is 0 Å². The first kappa shape index (κ1) is 30.7. The minimum Gasteiger partial charge on any atom is -0.276 e. The van der Waals surface area contributed by atoms with Crippen molar-refractivity contribution in [2.45, 2.75) is 0 Å². The van der Waals surface area contributed by atoms with Gasteiger partial charge in [0, 0.05) is 37.4 Å². The summed E-state index contributed by atoms with van der Waals surface area (Å²) >= 11 is 1.85. The van der Waals surface area contributed by atoms with Crippen LogP contribution in [0.25, 0.3) is 104 Å². The summed E-state index contributed by atoms with van der Waals surface area (Å²) in [5, 5.41) is 7.32. The van der Waals surface area contributed by atoms with Crippen molar-refractivity contribution in [3.8, 4) is 51.0 Å². The minimum atomic E-state index is 0.590. The van der Waals surface area contributed by atoms with E-state index in [1.165, 1.54) is 47.5 Å². The van der Waals surface area contributed by atoms with E-state index in [0.717, 1.165) is 38.7 Å². The summed E-state index contributed by atoms with van der Waals surface area (Å²) in [6.45, 7) is 0. The molecule has 0 N–H and O–H groups in total. The fourth-order valence-electron chi connectivity index (χ4n) is 7.95. The molecule has 0 amide bonds. The maximum Gasteiger partial charge on any atom is 0.238 e. The Labute approximate surface area is 315 Å². The van der Waals surface area contributed by atoms with Gasteiger partial charge < -0.3 is 0 Å². The van der Waals surface area contributed by atoms with E-state index in [1.807, 2.05) is 47.7 Å². The number of benzene rings is 8. The maximum atomic E-state index is 5.31. The summed E-state index contributed by atoms with van der Waals surface area (Å²) in [4.78, 5) is 15.7. The number of nitrogens with zero attached hydrogens (tertiary/aromatic N) is 4. The lowest BCUT2D eigenvalue weighted by Crippen LogP contribution is -2.06. The summed E-state index contributed by atoms with van der Waals surface area (Å²) in [5.41, 5.74) is 8.75. The highest BCUT2D eigenvalue weighted by Gasteiger charge is 2.24. The van der Waals surface area contributed by atoms with Crippen molar-refractivity contribution in [1.29, 1.82) is 0 Å². The van der Waals surface area contributed by atoms with Gasteiger partial charge in [-0.05, 0) is 45.2 Å². The van der Waals surface area contributed by atoms with Crippen molar-refractivity contribution in [1.82, 2.24) is 19.5 Å². The fourth-order valence-corrected chi connectivity index (χ4v) is 9.25. The highest BCUT2D eigenvalue weighted by molar-refractivity contribution is 7.27. The molecule has 0 fully saturated rings. The van der Waals surface area contributed by atoms with E-state index in [0.29, 0.717) is 17.6 Å². The van der Waals surface area contributed by atoms with Crippen molar-refractivity contribution in [3.05, 3.63) is 182 Å². The molecule has 0 atom stereocenters. The third-order valence-corrected chi connectivity index (χ3v) is 11.6. The first-order chi connectivity index (χ1) is 26.8. The zero-order valence-electron chi connectivity index (χ0n) is 29.0. The van der Waals surface area contributed by atoms with E-state index >= 15 is 0 Å². The highest BCUT2D eigenvalue weighted by atomic mass is 32.1. The number of thiophene rings is 1. The summed E-state index contributed by atoms with van der Waals surface area (Å²) in [5.74, 6) is 1.86. The van der Waals surface area contributed by atoms with Crippen LogP contribution in [0.2, 0.25) is 0 Å². The Kier molecular flexibility index (Phi) is 7.00. The van der Waals surface area contributed by atoms with Crippen LogP contribution in [0.3, 0.4) is 0 Å². The third kappa shape index (κ3) is 4.86. The molecule has 0 spiro atoms. The topological polar surface area (TPSA) is 43.6 Å². The van der Waals surface area contributed by atoms with Gasteiger partial charge in [-0.1, -0.05) is 170 Å². The molecule has 5 heteroatoms. The standard InChI is InChI=1S/C49H30N4S/c1-5-15-31(16-6-1)35-25-27-39-41(29-35)53(49-51-47(33-19-9-3-10-20-33)50-48(52-49)34-21-11-4-12-22-34)45-43(39)37-23-13-14-24-38(37)44-40-28-26-36(30-42(40)54-46(44)45)32-17-7-2-8-18-32/h1-30H. The third-order valence-electron chi connectivity index (χ3n) is 10.4. The second-order valence-corrected chi connectivity index (χ2v) is 14.7. The Balaban J connectivity index is 1.32. The number of hydrogen-bond donors (Lipinski definition) is 0. The van der Waals surface area contributed by atoms with Crippen LogP contribution in [0.5, 0.6) is 0 Å². The van der Waals surface area contributed by atoms with Crippen LogP contribution in [0.1, 0.15) is 0 Å². The Hall–Kier alpha value is -6.95. The molecular weight excluding hydrogens is 677 g/mol. The summed E-state index contributed by atoms with van der Waals surface area (Å²) < 4.78 is 4.76. The van der Waals surface area contributed by atoms with Crippen molar-refractivity contribution in [2.24, 2.45) is 0 Å². The fraction of sp³-hybridized carbons (Fsp3) is 0. The summed E-state index contributed by atoms with van der Waals surface area (Å²) in [7, 11) is 0. The van der Waals surface area contributed by atoms with Gasteiger partial charge in [0.1, 0.15) is 0 Å². The molecule has 0 saturated heterocycles. The normalized spacial score (nSPS) is 11.7. The molecule has 0 radical (unpaired) electrons. The molecule has 0 saturated carbocycles. The van der Waals surface area contributed by atoms with Crippen LogP contribution in [-0.4, -0.2) is 19.5 Å². The van der Waals surface area contributed by atoms with Crippen LogP contribution >= 0.6 is 11.3 Å².